The highest BCUT2D eigenvalue weighted by Crippen LogP contribution is 2.08. The van der Waals surface area contributed by atoms with Gasteiger partial charge in [0.15, 0.2) is 0 Å². The normalized spacial score (nSPS) is 9.86. The standard InChI is InChI=1S/C12H15O2/c1-3-4-5-10-6-8-11(9-7-10)12(13)14-2/h6-9H,2-5H2,1H3. The van der Waals surface area contributed by atoms with Gasteiger partial charge in [-0.25, -0.2) is 4.79 Å². The predicted octanol–water partition coefficient (Wildman–Crippen LogP) is 2.98. The van der Waals surface area contributed by atoms with Crippen molar-refractivity contribution >= 4 is 5.97 Å². The van der Waals surface area contributed by atoms with Gasteiger partial charge >= 0.3 is 5.97 Å². The molecule has 0 atom stereocenters. The van der Waals surface area contributed by atoms with E-state index in [0.29, 0.717) is 5.56 Å². The van der Waals surface area contributed by atoms with Gasteiger partial charge in [0, 0.05) is 0 Å². The summed E-state index contributed by atoms with van der Waals surface area (Å²) in [5.41, 5.74) is 1.81. The molecule has 2 heteroatoms. The quantitative estimate of drug-likeness (QED) is 0.684. The van der Waals surface area contributed by atoms with E-state index in [1.165, 1.54) is 18.4 Å². The smallest absolute Gasteiger partial charge is 0.338 e. The second-order valence-corrected chi connectivity index (χ2v) is 3.23. The summed E-state index contributed by atoms with van der Waals surface area (Å²) in [7, 11) is 3.08. The van der Waals surface area contributed by atoms with Gasteiger partial charge in [-0.1, -0.05) is 25.5 Å². The lowest BCUT2D eigenvalue weighted by atomic mass is 10.1. The minimum absolute atomic E-state index is 0.382. The van der Waals surface area contributed by atoms with Gasteiger partial charge < -0.3 is 4.74 Å². The first kappa shape index (κ1) is 10.8. The minimum atomic E-state index is -0.382. The maximum Gasteiger partial charge on any atom is 0.338 e. The van der Waals surface area contributed by atoms with Crippen LogP contribution in [0.1, 0.15) is 35.7 Å². The van der Waals surface area contributed by atoms with Gasteiger partial charge in [-0.2, -0.15) is 0 Å². The highest BCUT2D eigenvalue weighted by Gasteiger charge is 2.03. The van der Waals surface area contributed by atoms with Crippen LogP contribution >= 0.6 is 0 Å². The second-order valence-electron chi connectivity index (χ2n) is 3.23. The van der Waals surface area contributed by atoms with Crippen LogP contribution in [0, 0.1) is 7.11 Å². The molecule has 14 heavy (non-hydrogen) atoms. The zero-order valence-corrected chi connectivity index (χ0v) is 8.45. The molecule has 0 aliphatic carbocycles. The number of carbonyl (C=O) groups excluding carboxylic acids is 1. The summed E-state index contributed by atoms with van der Waals surface area (Å²) in [5.74, 6) is -0.382. The average Bonchev–Trinajstić information content (AvgIpc) is 2.26. The molecular formula is C12H15O2. The number of carbonyl (C=O) groups is 1. The lowest BCUT2D eigenvalue weighted by Crippen LogP contribution is -1.99. The topological polar surface area (TPSA) is 26.3 Å². The molecule has 0 aromatic heterocycles. The van der Waals surface area contributed by atoms with Gasteiger partial charge in [0.05, 0.1) is 5.56 Å². The molecule has 0 N–H and O–H groups in total. The number of ether oxygens (including phenoxy) is 1. The van der Waals surface area contributed by atoms with Crippen molar-refractivity contribution in [1.29, 1.82) is 0 Å². The van der Waals surface area contributed by atoms with Crippen LogP contribution in [0.2, 0.25) is 0 Å². The first-order valence-electron chi connectivity index (χ1n) is 4.83. The van der Waals surface area contributed by atoms with Gasteiger partial charge in [0.25, 0.3) is 0 Å². The van der Waals surface area contributed by atoms with Crippen LogP contribution in [-0.2, 0) is 11.2 Å². The van der Waals surface area contributed by atoms with Crippen molar-refractivity contribution in [3.63, 3.8) is 0 Å². The Hall–Kier alpha value is -1.31. The molecule has 0 heterocycles. The molecule has 0 amide bonds. The fourth-order valence-electron chi connectivity index (χ4n) is 1.27. The van der Waals surface area contributed by atoms with Gasteiger partial charge in [-0.05, 0) is 30.5 Å². The number of aryl methyl sites for hydroxylation is 1. The summed E-state index contributed by atoms with van der Waals surface area (Å²) in [6, 6.07) is 7.47. The highest BCUT2D eigenvalue weighted by atomic mass is 16.5. The number of rotatable bonds is 4. The number of esters is 1. The molecule has 0 saturated heterocycles. The molecule has 75 valence electrons. The van der Waals surface area contributed by atoms with Crippen LogP contribution in [0.4, 0.5) is 0 Å². The van der Waals surface area contributed by atoms with E-state index in [0.717, 1.165) is 6.42 Å². The number of hydrogen-bond acceptors (Lipinski definition) is 2. The van der Waals surface area contributed by atoms with E-state index in [-0.39, 0.29) is 5.97 Å². The molecule has 0 spiro atoms. The molecule has 1 rings (SSSR count). The SMILES string of the molecule is [CH2]OC(=O)c1ccc(CCCC)cc1. The van der Waals surface area contributed by atoms with Crippen LogP contribution in [0.5, 0.6) is 0 Å². The summed E-state index contributed by atoms with van der Waals surface area (Å²) in [4.78, 5) is 11.1. The van der Waals surface area contributed by atoms with Crippen LogP contribution in [0.25, 0.3) is 0 Å². The van der Waals surface area contributed by atoms with Crippen molar-refractivity contribution in [1.82, 2.24) is 0 Å². The summed E-state index contributed by atoms with van der Waals surface area (Å²) in [6.07, 6.45) is 3.43. The molecule has 0 unspecified atom stereocenters. The summed E-state index contributed by atoms with van der Waals surface area (Å²) in [5, 5.41) is 0. The largest absolute Gasteiger partial charge is 0.458 e. The van der Waals surface area contributed by atoms with E-state index in [1.54, 1.807) is 12.1 Å². The molecule has 1 radical (unpaired) electrons. The Morgan fingerprint density at radius 3 is 2.50 bits per heavy atom. The number of hydrogen-bond donors (Lipinski definition) is 0. The summed E-state index contributed by atoms with van der Waals surface area (Å²) < 4.78 is 4.37. The Morgan fingerprint density at radius 2 is 2.00 bits per heavy atom. The lowest BCUT2D eigenvalue weighted by molar-refractivity contribution is 0.0654. The van der Waals surface area contributed by atoms with Crippen LogP contribution in [0.15, 0.2) is 24.3 Å². The molecule has 0 fully saturated rings. The van der Waals surface area contributed by atoms with Crippen molar-refractivity contribution in [2.75, 3.05) is 0 Å². The highest BCUT2D eigenvalue weighted by molar-refractivity contribution is 5.89. The van der Waals surface area contributed by atoms with Gasteiger partial charge in [-0.3, -0.25) is 0 Å². The van der Waals surface area contributed by atoms with E-state index in [2.05, 4.69) is 18.8 Å². The van der Waals surface area contributed by atoms with E-state index in [9.17, 15) is 4.79 Å². The average molecular weight is 191 g/mol. The number of benzene rings is 1. The van der Waals surface area contributed by atoms with E-state index in [1.807, 2.05) is 12.1 Å². The van der Waals surface area contributed by atoms with E-state index < -0.39 is 0 Å². The third-order valence-electron chi connectivity index (χ3n) is 2.14. The maximum atomic E-state index is 11.1. The van der Waals surface area contributed by atoms with Crippen molar-refractivity contribution in [2.45, 2.75) is 26.2 Å². The molecule has 0 bridgehead atoms. The van der Waals surface area contributed by atoms with Crippen molar-refractivity contribution < 1.29 is 9.53 Å². The third-order valence-corrected chi connectivity index (χ3v) is 2.14. The fraction of sp³-hybridized carbons (Fsp3) is 0.333. The van der Waals surface area contributed by atoms with Crippen molar-refractivity contribution in [3.05, 3.63) is 42.5 Å². The molecule has 2 nitrogen and oxygen atoms in total. The summed E-state index contributed by atoms with van der Waals surface area (Å²) in [6.45, 7) is 2.16. The Kier molecular flexibility index (Phi) is 4.17. The Bertz CT molecular complexity index is 288. The zero-order chi connectivity index (χ0) is 10.4. The Morgan fingerprint density at radius 1 is 1.36 bits per heavy atom. The molecule has 1 aromatic carbocycles. The first-order chi connectivity index (χ1) is 6.77. The van der Waals surface area contributed by atoms with E-state index in [4.69, 9.17) is 0 Å². The molecule has 0 saturated carbocycles. The van der Waals surface area contributed by atoms with Crippen LogP contribution in [-0.4, -0.2) is 5.97 Å². The molecule has 1 aromatic rings. The number of unbranched alkanes of at least 4 members (excludes halogenated alkanes) is 1. The summed E-state index contributed by atoms with van der Waals surface area (Å²) >= 11 is 0. The fourth-order valence-corrected chi connectivity index (χ4v) is 1.27. The van der Waals surface area contributed by atoms with Gasteiger partial charge in [-0.15, -0.1) is 0 Å². The zero-order valence-electron chi connectivity index (χ0n) is 8.45. The van der Waals surface area contributed by atoms with Crippen LogP contribution < -0.4 is 0 Å². The third kappa shape index (κ3) is 2.87. The van der Waals surface area contributed by atoms with E-state index >= 15 is 0 Å². The first-order valence-corrected chi connectivity index (χ1v) is 4.83. The Labute approximate surface area is 84.9 Å². The Balaban J connectivity index is 2.63. The molecular weight excluding hydrogens is 176 g/mol. The predicted molar refractivity (Wildman–Crippen MR) is 55.8 cm³/mol. The van der Waals surface area contributed by atoms with Gasteiger partial charge in [0.1, 0.15) is 7.11 Å². The molecule has 0 aliphatic rings. The minimum Gasteiger partial charge on any atom is -0.458 e. The van der Waals surface area contributed by atoms with Crippen molar-refractivity contribution in [3.8, 4) is 0 Å². The van der Waals surface area contributed by atoms with Crippen LogP contribution in [0.3, 0.4) is 0 Å². The van der Waals surface area contributed by atoms with Gasteiger partial charge in [0.2, 0.25) is 0 Å². The maximum absolute atomic E-state index is 11.1. The monoisotopic (exact) mass is 191 g/mol. The second kappa shape index (κ2) is 5.43. The lowest BCUT2D eigenvalue weighted by Gasteiger charge is -2.01. The van der Waals surface area contributed by atoms with Crippen molar-refractivity contribution in [2.24, 2.45) is 0 Å². The molecule has 0 aliphatic heterocycles.